The van der Waals surface area contributed by atoms with Crippen LogP contribution in [0.15, 0.2) is 49.1 Å². The molecular formula is C17H20N4. The summed E-state index contributed by atoms with van der Waals surface area (Å²) in [7, 11) is 0. The second-order valence-corrected chi connectivity index (χ2v) is 5.31. The van der Waals surface area contributed by atoms with Crippen molar-refractivity contribution in [3.63, 3.8) is 0 Å². The Morgan fingerprint density at radius 1 is 1.19 bits per heavy atom. The van der Waals surface area contributed by atoms with Crippen molar-refractivity contribution in [3.05, 3.63) is 60.3 Å². The van der Waals surface area contributed by atoms with Crippen LogP contribution < -0.4 is 5.32 Å². The fraction of sp³-hybridized carbons (Fsp3) is 0.294. The fourth-order valence-corrected chi connectivity index (χ4v) is 2.43. The van der Waals surface area contributed by atoms with Crippen LogP contribution in [0.1, 0.15) is 17.7 Å². The molecule has 0 saturated carbocycles. The summed E-state index contributed by atoms with van der Waals surface area (Å²) in [6.07, 6.45) is 6.78. The lowest BCUT2D eigenvalue weighted by atomic mass is 10.1. The third-order valence-corrected chi connectivity index (χ3v) is 3.55. The highest BCUT2D eigenvalue weighted by Crippen LogP contribution is 2.14. The molecule has 3 aromatic rings. The van der Waals surface area contributed by atoms with Gasteiger partial charge in [0.25, 0.3) is 0 Å². The first-order valence-electron chi connectivity index (χ1n) is 7.34. The molecular weight excluding hydrogens is 260 g/mol. The van der Waals surface area contributed by atoms with Crippen molar-refractivity contribution < 1.29 is 0 Å². The topological polar surface area (TPSA) is 42.7 Å². The minimum Gasteiger partial charge on any atom is -0.337 e. The molecule has 108 valence electrons. The normalized spacial score (nSPS) is 11.1. The summed E-state index contributed by atoms with van der Waals surface area (Å²) >= 11 is 0. The molecule has 0 aliphatic heterocycles. The predicted molar refractivity (Wildman–Crippen MR) is 85.0 cm³/mol. The van der Waals surface area contributed by atoms with Gasteiger partial charge in [0.1, 0.15) is 0 Å². The summed E-state index contributed by atoms with van der Waals surface area (Å²) in [4.78, 5) is 8.57. The van der Waals surface area contributed by atoms with E-state index in [2.05, 4.69) is 50.2 Å². The molecule has 0 amide bonds. The van der Waals surface area contributed by atoms with Gasteiger partial charge in [-0.1, -0.05) is 12.1 Å². The standard InChI is InChI=1S/C17H20N4/c1-14-3-5-16-11-15(4-6-17(16)20-14)12-18-7-2-9-21-10-8-19-13-21/h3-6,8,10-11,13,18H,2,7,9,12H2,1H3. The number of hydrogen-bond acceptors (Lipinski definition) is 3. The third-order valence-electron chi connectivity index (χ3n) is 3.55. The molecule has 1 N–H and O–H groups in total. The van der Waals surface area contributed by atoms with E-state index in [1.54, 1.807) is 0 Å². The zero-order chi connectivity index (χ0) is 14.5. The molecule has 21 heavy (non-hydrogen) atoms. The Morgan fingerprint density at radius 2 is 2.14 bits per heavy atom. The van der Waals surface area contributed by atoms with Crippen LogP contribution in [0.2, 0.25) is 0 Å². The van der Waals surface area contributed by atoms with E-state index < -0.39 is 0 Å². The lowest BCUT2D eigenvalue weighted by Gasteiger charge is -2.07. The largest absolute Gasteiger partial charge is 0.337 e. The monoisotopic (exact) mass is 280 g/mol. The maximum Gasteiger partial charge on any atom is 0.0945 e. The highest BCUT2D eigenvalue weighted by atomic mass is 15.0. The molecule has 0 aliphatic rings. The summed E-state index contributed by atoms with van der Waals surface area (Å²) < 4.78 is 2.10. The fourth-order valence-electron chi connectivity index (χ4n) is 2.43. The first-order valence-corrected chi connectivity index (χ1v) is 7.34. The number of imidazole rings is 1. The van der Waals surface area contributed by atoms with E-state index in [0.29, 0.717) is 0 Å². The number of rotatable bonds is 6. The molecule has 0 atom stereocenters. The van der Waals surface area contributed by atoms with Crippen LogP contribution in [0.3, 0.4) is 0 Å². The molecule has 0 aliphatic carbocycles. The minimum absolute atomic E-state index is 0.897. The Morgan fingerprint density at radius 3 is 3.00 bits per heavy atom. The number of aromatic nitrogens is 3. The third kappa shape index (κ3) is 3.67. The van der Waals surface area contributed by atoms with E-state index in [1.807, 2.05) is 25.6 Å². The van der Waals surface area contributed by atoms with Crippen LogP contribution in [0, 0.1) is 6.92 Å². The van der Waals surface area contributed by atoms with E-state index in [9.17, 15) is 0 Å². The van der Waals surface area contributed by atoms with Crippen LogP contribution in [0.5, 0.6) is 0 Å². The van der Waals surface area contributed by atoms with Crippen molar-refractivity contribution in [2.45, 2.75) is 26.4 Å². The van der Waals surface area contributed by atoms with E-state index in [0.717, 1.165) is 37.3 Å². The van der Waals surface area contributed by atoms with Crippen LogP contribution in [-0.2, 0) is 13.1 Å². The van der Waals surface area contributed by atoms with Gasteiger partial charge in [-0.05, 0) is 43.7 Å². The molecule has 0 fully saturated rings. The molecule has 4 nitrogen and oxygen atoms in total. The van der Waals surface area contributed by atoms with Crippen molar-refractivity contribution >= 4 is 10.9 Å². The zero-order valence-electron chi connectivity index (χ0n) is 12.3. The van der Waals surface area contributed by atoms with Gasteiger partial charge in [0.2, 0.25) is 0 Å². The summed E-state index contributed by atoms with van der Waals surface area (Å²) in [6.45, 7) is 4.93. The van der Waals surface area contributed by atoms with Gasteiger partial charge in [-0.25, -0.2) is 4.98 Å². The molecule has 0 bridgehead atoms. The Hall–Kier alpha value is -2.20. The number of pyridine rings is 1. The summed E-state index contributed by atoms with van der Waals surface area (Å²) in [6, 6.07) is 10.7. The predicted octanol–water partition coefficient (Wildman–Crippen LogP) is 2.92. The van der Waals surface area contributed by atoms with Crippen LogP contribution in [0.4, 0.5) is 0 Å². The SMILES string of the molecule is Cc1ccc2cc(CNCCCn3ccnc3)ccc2n1. The van der Waals surface area contributed by atoms with Crippen molar-refractivity contribution in [1.82, 2.24) is 19.9 Å². The Balaban J connectivity index is 1.50. The average molecular weight is 280 g/mol. The number of nitrogens with one attached hydrogen (secondary N) is 1. The molecule has 0 saturated heterocycles. The zero-order valence-corrected chi connectivity index (χ0v) is 12.3. The Labute approximate surface area is 124 Å². The van der Waals surface area contributed by atoms with Gasteiger partial charge >= 0.3 is 0 Å². The van der Waals surface area contributed by atoms with Crippen molar-refractivity contribution in [3.8, 4) is 0 Å². The van der Waals surface area contributed by atoms with Crippen molar-refractivity contribution in [2.24, 2.45) is 0 Å². The molecule has 0 radical (unpaired) electrons. The van der Waals surface area contributed by atoms with Gasteiger partial charge in [-0.15, -0.1) is 0 Å². The molecule has 1 aromatic carbocycles. The van der Waals surface area contributed by atoms with Crippen LogP contribution in [-0.4, -0.2) is 21.1 Å². The average Bonchev–Trinajstić information content (AvgIpc) is 3.00. The number of aryl methyl sites for hydroxylation is 2. The van der Waals surface area contributed by atoms with Gasteiger partial charge in [-0.3, -0.25) is 4.98 Å². The number of fused-ring (bicyclic) bond motifs is 1. The lowest BCUT2D eigenvalue weighted by Crippen LogP contribution is -2.16. The minimum atomic E-state index is 0.897. The van der Waals surface area contributed by atoms with Crippen LogP contribution in [0.25, 0.3) is 10.9 Å². The van der Waals surface area contributed by atoms with E-state index in [-0.39, 0.29) is 0 Å². The summed E-state index contributed by atoms with van der Waals surface area (Å²) in [5.41, 5.74) is 3.43. The van der Waals surface area contributed by atoms with Gasteiger partial charge < -0.3 is 9.88 Å². The first kappa shape index (κ1) is 13.8. The van der Waals surface area contributed by atoms with Crippen LogP contribution >= 0.6 is 0 Å². The first-order chi connectivity index (χ1) is 10.3. The molecule has 3 rings (SSSR count). The molecule has 2 heterocycles. The highest BCUT2D eigenvalue weighted by Gasteiger charge is 1.98. The van der Waals surface area contributed by atoms with Gasteiger partial charge in [0.05, 0.1) is 11.8 Å². The van der Waals surface area contributed by atoms with Crippen molar-refractivity contribution in [2.75, 3.05) is 6.54 Å². The molecule has 0 spiro atoms. The summed E-state index contributed by atoms with van der Waals surface area (Å²) in [5.74, 6) is 0. The van der Waals surface area contributed by atoms with Gasteiger partial charge in [0, 0.05) is 36.6 Å². The lowest BCUT2D eigenvalue weighted by molar-refractivity contribution is 0.581. The second-order valence-electron chi connectivity index (χ2n) is 5.31. The van der Waals surface area contributed by atoms with E-state index in [4.69, 9.17) is 0 Å². The smallest absolute Gasteiger partial charge is 0.0945 e. The van der Waals surface area contributed by atoms with Gasteiger partial charge in [0.15, 0.2) is 0 Å². The number of nitrogens with zero attached hydrogens (tertiary/aromatic N) is 3. The highest BCUT2D eigenvalue weighted by molar-refractivity contribution is 5.79. The molecule has 4 heteroatoms. The summed E-state index contributed by atoms with van der Waals surface area (Å²) in [5, 5.41) is 4.69. The molecule has 0 unspecified atom stereocenters. The quantitative estimate of drug-likeness (QED) is 0.706. The maximum absolute atomic E-state index is 4.53. The maximum atomic E-state index is 4.53. The van der Waals surface area contributed by atoms with E-state index >= 15 is 0 Å². The number of benzene rings is 1. The van der Waals surface area contributed by atoms with Gasteiger partial charge in [-0.2, -0.15) is 0 Å². The number of hydrogen-bond donors (Lipinski definition) is 1. The second kappa shape index (κ2) is 6.50. The Bertz CT molecular complexity index is 704. The van der Waals surface area contributed by atoms with E-state index in [1.165, 1.54) is 10.9 Å². The Kier molecular flexibility index (Phi) is 4.26. The molecule has 2 aromatic heterocycles. The van der Waals surface area contributed by atoms with Crippen molar-refractivity contribution in [1.29, 1.82) is 0 Å².